The van der Waals surface area contributed by atoms with Gasteiger partial charge in [0, 0.05) is 28.9 Å². The largest absolute Gasteiger partial charge is 0.381 e. The number of anilines is 1. The third kappa shape index (κ3) is 3.00. The number of benzene rings is 1. The Hall–Kier alpha value is -2.63. The second-order valence-electron chi connectivity index (χ2n) is 6.29. The van der Waals surface area contributed by atoms with Crippen LogP contribution in [0.3, 0.4) is 0 Å². The fourth-order valence-electron chi connectivity index (χ4n) is 2.40. The van der Waals surface area contributed by atoms with Crippen LogP contribution in [0, 0.1) is 0 Å². The Kier molecular flexibility index (Phi) is 3.66. The number of aromatic nitrogens is 5. The standard InChI is InChI=1S/C16H20N6/c1-16(2,3)15-12(9-18-21-15)8-17-13-5-4-6-14(7-13)22-10-19-20-11-22/h4-7,9-11,17H,8H2,1-3H3,(H,18,21). The molecule has 0 aliphatic rings. The van der Waals surface area contributed by atoms with E-state index in [1.54, 1.807) is 12.7 Å². The van der Waals surface area contributed by atoms with Gasteiger partial charge in [0.05, 0.1) is 11.9 Å². The van der Waals surface area contributed by atoms with E-state index in [9.17, 15) is 0 Å². The summed E-state index contributed by atoms with van der Waals surface area (Å²) in [5, 5.41) is 18.4. The van der Waals surface area contributed by atoms with E-state index in [-0.39, 0.29) is 5.41 Å². The molecule has 0 saturated heterocycles. The van der Waals surface area contributed by atoms with Crippen molar-refractivity contribution in [2.45, 2.75) is 32.7 Å². The Morgan fingerprint density at radius 3 is 2.68 bits per heavy atom. The fourth-order valence-corrected chi connectivity index (χ4v) is 2.40. The van der Waals surface area contributed by atoms with Crippen LogP contribution in [0.15, 0.2) is 43.1 Å². The lowest BCUT2D eigenvalue weighted by Gasteiger charge is -2.18. The zero-order chi connectivity index (χ0) is 15.6. The molecule has 114 valence electrons. The lowest BCUT2D eigenvalue weighted by Crippen LogP contribution is -2.15. The Bertz CT molecular complexity index is 736. The number of hydrogen-bond acceptors (Lipinski definition) is 4. The average Bonchev–Trinajstić information content (AvgIpc) is 3.16. The highest BCUT2D eigenvalue weighted by Gasteiger charge is 2.19. The Balaban J connectivity index is 1.75. The topological polar surface area (TPSA) is 71.4 Å². The van der Waals surface area contributed by atoms with Crippen molar-refractivity contribution in [3.05, 3.63) is 54.4 Å². The van der Waals surface area contributed by atoms with Crippen molar-refractivity contribution in [1.82, 2.24) is 25.0 Å². The molecule has 1 aromatic carbocycles. The number of hydrogen-bond donors (Lipinski definition) is 2. The van der Waals surface area contributed by atoms with Crippen LogP contribution in [0.1, 0.15) is 32.0 Å². The van der Waals surface area contributed by atoms with Gasteiger partial charge in [-0.05, 0) is 18.2 Å². The predicted octanol–water partition coefficient (Wildman–Crippen LogP) is 2.90. The highest BCUT2D eigenvalue weighted by Crippen LogP contribution is 2.24. The molecule has 0 spiro atoms. The van der Waals surface area contributed by atoms with Crippen molar-refractivity contribution in [1.29, 1.82) is 0 Å². The van der Waals surface area contributed by atoms with E-state index in [1.807, 2.05) is 29.0 Å². The zero-order valence-corrected chi connectivity index (χ0v) is 13.0. The number of H-pyrrole nitrogens is 1. The van der Waals surface area contributed by atoms with E-state index in [2.05, 4.69) is 52.5 Å². The van der Waals surface area contributed by atoms with Crippen LogP contribution in [-0.2, 0) is 12.0 Å². The minimum absolute atomic E-state index is 0.0534. The molecule has 0 bridgehead atoms. The van der Waals surface area contributed by atoms with Gasteiger partial charge in [0.1, 0.15) is 12.7 Å². The fraction of sp³-hybridized carbons (Fsp3) is 0.312. The number of nitrogens with zero attached hydrogens (tertiary/aromatic N) is 4. The lowest BCUT2D eigenvalue weighted by atomic mass is 9.89. The molecule has 3 rings (SSSR count). The summed E-state index contributed by atoms with van der Waals surface area (Å²) >= 11 is 0. The van der Waals surface area contributed by atoms with Crippen molar-refractivity contribution >= 4 is 5.69 Å². The second-order valence-corrected chi connectivity index (χ2v) is 6.29. The summed E-state index contributed by atoms with van der Waals surface area (Å²) in [6, 6.07) is 8.15. The van der Waals surface area contributed by atoms with E-state index in [4.69, 9.17) is 0 Å². The van der Waals surface area contributed by atoms with Crippen LogP contribution < -0.4 is 5.32 Å². The van der Waals surface area contributed by atoms with Crippen LogP contribution in [0.25, 0.3) is 5.69 Å². The van der Waals surface area contributed by atoms with Gasteiger partial charge >= 0.3 is 0 Å². The molecule has 6 heteroatoms. The van der Waals surface area contributed by atoms with E-state index in [1.165, 1.54) is 5.56 Å². The minimum atomic E-state index is 0.0534. The molecule has 0 amide bonds. The Morgan fingerprint density at radius 2 is 1.95 bits per heavy atom. The molecule has 0 unspecified atom stereocenters. The molecule has 0 atom stereocenters. The van der Waals surface area contributed by atoms with Crippen LogP contribution in [-0.4, -0.2) is 25.0 Å². The molecule has 0 saturated carbocycles. The van der Waals surface area contributed by atoms with Gasteiger partial charge in [-0.3, -0.25) is 9.67 Å². The van der Waals surface area contributed by atoms with Gasteiger partial charge in [-0.1, -0.05) is 26.8 Å². The van der Waals surface area contributed by atoms with Crippen LogP contribution in [0.5, 0.6) is 0 Å². The molecule has 2 N–H and O–H groups in total. The van der Waals surface area contributed by atoms with Gasteiger partial charge in [0.15, 0.2) is 0 Å². The monoisotopic (exact) mass is 296 g/mol. The normalized spacial score (nSPS) is 11.6. The third-order valence-electron chi connectivity index (χ3n) is 3.51. The van der Waals surface area contributed by atoms with Gasteiger partial charge in [0.2, 0.25) is 0 Å². The average molecular weight is 296 g/mol. The molecule has 3 aromatic rings. The van der Waals surface area contributed by atoms with E-state index in [0.717, 1.165) is 23.6 Å². The zero-order valence-electron chi connectivity index (χ0n) is 13.0. The van der Waals surface area contributed by atoms with E-state index >= 15 is 0 Å². The molecule has 2 heterocycles. The van der Waals surface area contributed by atoms with Gasteiger partial charge in [-0.15, -0.1) is 10.2 Å². The molecule has 22 heavy (non-hydrogen) atoms. The SMILES string of the molecule is CC(C)(C)c1[nH]ncc1CNc1cccc(-n2cnnc2)c1. The minimum Gasteiger partial charge on any atom is -0.381 e. The van der Waals surface area contributed by atoms with Crippen molar-refractivity contribution in [2.75, 3.05) is 5.32 Å². The quantitative estimate of drug-likeness (QED) is 0.776. The molecule has 0 radical (unpaired) electrons. The summed E-state index contributed by atoms with van der Waals surface area (Å²) < 4.78 is 1.88. The summed E-state index contributed by atoms with van der Waals surface area (Å²) in [5.41, 5.74) is 4.47. The van der Waals surface area contributed by atoms with Gasteiger partial charge in [-0.2, -0.15) is 5.10 Å². The Labute approximate surface area is 129 Å². The maximum Gasteiger partial charge on any atom is 0.123 e. The van der Waals surface area contributed by atoms with Crippen molar-refractivity contribution in [3.63, 3.8) is 0 Å². The first-order valence-corrected chi connectivity index (χ1v) is 7.26. The van der Waals surface area contributed by atoms with Gasteiger partial charge < -0.3 is 5.32 Å². The van der Waals surface area contributed by atoms with Crippen LogP contribution in [0.4, 0.5) is 5.69 Å². The molecule has 0 aliphatic carbocycles. The summed E-state index contributed by atoms with van der Waals surface area (Å²) in [6.45, 7) is 7.26. The maximum absolute atomic E-state index is 4.17. The highest BCUT2D eigenvalue weighted by molar-refractivity contribution is 5.51. The van der Waals surface area contributed by atoms with Crippen molar-refractivity contribution in [3.8, 4) is 5.69 Å². The predicted molar refractivity (Wildman–Crippen MR) is 86.0 cm³/mol. The third-order valence-corrected chi connectivity index (χ3v) is 3.51. The number of aromatic amines is 1. The van der Waals surface area contributed by atoms with Crippen molar-refractivity contribution < 1.29 is 0 Å². The van der Waals surface area contributed by atoms with Crippen LogP contribution >= 0.6 is 0 Å². The molecular weight excluding hydrogens is 276 g/mol. The molecule has 6 nitrogen and oxygen atoms in total. The van der Waals surface area contributed by atoms with Crippen LogP contribution in [0.2, 0.25) is 0 Å². The summed E-state index contributed by atoms with van der Waals surface area (Å²) in [6.07, 6.45) is 5.26. The number of rotatable bonds is 4. The molecule has 2 aromatic heterocycles. The first-order chi connectivity index (χ1) is 10.5. The molecule has 0 aliphatic heterocycles. The summed E-state index contributed by atoms with van der Waals surface area (Å²) in [4.78, 5) is 0. The summed E-state index contributed by atoms with van der Waals surface area (Å²) in [5.74, 6) is 0. The first-order valence-electron chi connectivity index (χ1n) is 7.26. The van der Waals surface area contributed by atoms with E-state index in [0.29, 0.717) is 0 Å². The summed E-state index contributed by atoms with van der Waals surface area (Å²) in [7, 11) is 0. The first kappa shape index (κ1) is 14.3. The number of nitrogens with one attached hydrogen (secondary N) is 2. The molecular formula is C16H20N6. The smallest absolute Gasteiger partial charge is 0.123 e. The van der Waals surface area contributed by atoms with Gasteiger partial charge in [-0.25, -0.2) is 0 Å². The Morgan fingerprint density at radius 1 is 1.18 bits per heavy atom. The lowest BCUT2D eigenvalue weighted by molar-refractivity contribution is 0.561. The van der Waals surface area contributed by atoms with Gasteiger partial charge in [0.25, 0.3) is 0 Å². The molecule has 0 fully saturated rings. The highest BCUT2D eigenvalue weighted by atomic mass is 15.2. The maximum atomic E-state index is 4.17. The van der Waals surface area contributed by atoms with E-state index < -0.39 is 0 Å². The van der Waals surface area contributed by atoms with Crippen molar-refractivity contribution in [2.24, 2.45) is 0 Å². The second kappa shape index (κ2) is 5.63.